The number of hydrogen-bond donors (Lipinski definition) is 1. The van der Waals surface area contributed by atoms with Crippen molar-refractivity contribution >= 4 is 27.8 Å². The van der Waals surface area contributed by atoms with Crippen LogP contribution in [-0.2, 0) is 17.8 Å². The SMILES string of the molecule is Cc1coc2cc3oc(=O)c(CC(=O)NCc4cccnc4)c(C)c3cc12. The van der Waals surface area contributed by atoms with Gasteiger partial charge in [0.05, 0.1) is 18.2 Å². The first-order valence-corrected chi connectivity index (χ1v) is 8.62. The lowest BCUT2D eigenvalue weighted by Gasteiger charge is -2.09. The fraction of sp³-hybridized carbons (Fsp3) is 0.190. The molecule has 0 saturated heterocycles. The zero-order chi connectivity index (χ0) is 19.0. The van der Waals surface area contributed by atoms with Crippen LogP contribution in [0.4, 0.5) is 0 Å². The van der Waals surface area contributed by atoms with Crippen molar-refractivity contribution in [3.63, 3.8) is 0 Å². The fourth-order valence-corrected chi connectivity index (χ4v) is 3.17. The second-order valence-electron chi connectivity index (χ2n) is 6.57. The smallest absolute Gasteiger partial charge is 0.340 e. The quantitative estimate of drug-likeness (QED) is 0.562. The van der Waals surface area contributed by atoms with Crippen LogP contribution in [0.2, 0.25) is 0 Å². The Morgan fingerprint density at radius 3 is 2.81 bits per heavy atom. The highest BCUT2D eigenvalue weighted by atomic mass is 16.4. The van der Waals surface area contributed by atoms with Crippen molar-refractivity contribution < 1.29 is 13.6 Å². The second-order valence-corrected chi connectivity index (χ2v) is 6.57. The summed E-state index contributed by atoms with van der Waals surface area (Å²) in [5, 5.41) is 4.58. The number of aryl methyl sites for hydroxylation is 2. The van der Waals surface area contributed by atoms with E-state index in [1.165, 1.54) is 0 Å². The Labute approximate surface area is 154 Å². The number of amides is 1. The van der Waals surface area contributed by atoms with Crippen LogP contribution in [0.3, 0.4) is 0 Å². The molecular formula is C21H18N2O4. The van der Waals surface area contributed by atoms with E-state index in [2.05, 4.69) is 10.3 Å². The summed E-state index contributed by atoms with van der Waals surface area (Å²) in [5.41, 5.74) is 3.65. The van der Waals surface area contributed by atoms with Crippen LogP contribution in [0.25, 0.3) is 21.9 Å². The number of carbonyl (C=O) groups is 1. The van der Waals surface area contributed by atoms with Crippen molar-refractivity contribution in [3.05, 3.63) is 75.6 Å². The van der Waals surface area contributed by atoms with Gasteiger partial charge in [-0.3, -0.25) is 9.78 Å². The fourth-order valence-electron chi connectivity index (χ4n) is 3.17. The highest BCUT2D eigenvalue weighted by Crippen LogP contribution is 2.28. The molecule has 3 heterocycles. The lowest BCUT2D eigenvalue weighted by Crippen LogP contribution is -2.27. The van der Waals surface area contributed by atoms with E-state index in [0.717, 1.165) is 27.5 Å². The zero-order valence-electron chi connectivity index (χ0n) is 15.0. The summed E-state index contributed by atoms with van der Waals surface area (Å²) in [6.07, 6.45) is 5.00. The molecule has 27 heavy (non-hydrogen) atoms. The Kier molecular flexibility index (Phi) is 4.24. The van der Waals surface area contributed by atoms with Gasteiger partial charge in [-0.25, -0.2) is 4.79 Å². The molecule has 0 aliphatic heterocycles. The molecule has 3 aromatic heterocycles. The standard InChI is InChI=1S/C21H18N2O4/c1-12-11-26-18-8-19-16(6-15(12)18)13(2)17(21(25)27-19)7-20(24)23-10-14-4-3-5-22-9-14/h3-6,8-9,11H,7,10H2,1-2H3,(H,23,24). The molecule has 136 valence electrons. The number of fused-ring (bicyclic) bond motifs is 2. The molecule has 1 amide bonds. The van der Waals surface area contributed by atoms with E-state index in [0.29, 0.717) is 23.3 Å². The normalized spacial score (nSPS) is 11.2. The molecule has 6 nitrogen and oxygen atoms in total. The molecule has 1 N–H and O–H groups in total. The van der Waals surface area contributed by atoms with E-state index in [9.17, 15) is 9.59 Å². The Balaban J connectivity index is 1.64. The third kappa shape index (κ3) is 3.21. The van der Waals surface area contributed by atoms with Crippen LogP contribution >= 0.6 is 0 Å². The van der Waals surface area contributed by atoms with Crippen LogP contribution in [0.5, 0.6) is 0 Å². The molecule has 0 aliphatic carbocycles. The van der Waals surface area contributed by atoms with Gasteiger partial charge >= 0.3 is 5.63 Å². The zero-order valence-corrected chi connectivity index (χ0v) is 15.0. The molecular weight excluding hydrogens is 344 g/mol. The van der Waals surface area contributed by atoms with Gasteiger partial charge in [-0.1, -0.05) is 6.07 Å². The largest absolute Gasteiger partial charge is 0.464 e. The molecule has 0 fully saturated rings. The van der Waals surface area contributed by atoms with Gasteiger partial charge in [-0.2, -0.15) is 0 Å². The molecule has 0 unspecified atom stereocenters. The molecule has 4 rings (SSSR count). The Hall–Kier alpha value is -3.41. The maximum Gasteiger partial charge on any atom is 0.340 e. The first-order chi connectivity index (χ1) is 13.0. The summed E-state index contributed by atoms with van der Waals surface area (Å²) < 4.78 is 10.9. The van der Waals surface area contributed by atoms with Gasteiger partial charge < -0.3 is 14.2 Å². The van der Waals surface area contributed by atoms with Gasteiger partial charge in [-0.15, -0.1) is 0 Å². The highest BCUT2D eigenvalue weighted by Gasteiger charge is 2.16. The lowest BCUT2D eigenvalue weighted by molar-refractivity contribution is -0.120. The molecule has 0 radical (unpaired) electrons. The van der Waals surface area contributed by atoms with Crippen LogP contribution in [0.1, 0.15) is 22.3 Å². The van der Waals surface area contributed by atoms with Crippen molar-refractivity contribution in [2.24, 2.45) is 0 Å². The Bertz CT molecular complexity index is 1210. The minimum atomic E-state index is -0.501. The van der Waals surface area contributed by atoms with Gasteiger partial charge in [0.15, 0.2) is 0 Å². The molecule has 0 aliphatic rings. The number of nitrogens with zero attached hydrogens (tertiary/aromatic N) is 1. The molecule has 4 aromatic rings. The number of aromatic nitrogens is 1. The average Bonchev–Trinajstić information content (AvgIpc) is 3.03. The monoisotopic (exact) mass is 362 g/mol. The van der Waals surface area contributed by atoms with E-state index in [4.69, 9.17) is 8.83 Å². The Morgan fingerprint density at radius 2 is 2.04 bits per heavy atom. The number of pyridine rings is 1. The van der Waals surface area contributed by atoms with Gasteiger partial charge in [0.2, 0.25) is 5.91 Å². The van der Waals surface area contributed by atoms with Crippen LogP contribution in [-0.4, -0.2) is 10.9 Å². The summed E-state index contributed by atoms with van der Waals surface area (Å²) in [7, 11) is 0. The molecule has 6 heteroatoms. The number of carbonyl (C=O) groups excluding carboxylic acids is 1. The molecule has 0 saturated carbocycles. The number of hydrogen-bond acceptors (Lipinski definition) is 5. The van der Waals surface area contributed by atoms with Crippen LogP contribution in [0.15, 0.2) is 56.6 Å². The van der Waals surface area contributed by atoms with Gasteiger partial charge in [-0.05, 0) is 42.7 Å². The molecule has 0 atom stereocenters. The van der Waals surface area contributed by atoms with E-state index in [1.807, 2.05) is 32.0 Å². The highest BCUT2D eigenvalue weighted by molar-refractivity contribution is 5.96. The second kappa shape index (κ2) is 6.72. The third-order valence-electron chi connectivity index (χ3n) is 4.72. The van der Waals surface area contributed by atoms with Crippen molar-refractivity contribution in [3.8, 4) is 0 Å². The summed E-state index contributed by atoms with van der Waals surface area (Å²) in [6, 6.07) is 7.35. The first kappa shape index (κ1) is 17.0. The van der Waals surface area contributed by atoms with Crippen molar-refractivity contribution in [2.45, 2.75) is 26.8 Å². The summed E-state index contributed by atoms with van der Waals surface area (Å²) in [4.78, 5) is 28.8. The minimum absolute atomic E-state index is 0.0349. The predicted molar refractivity (Wildman–Crippen MR) is 102 cm³/mol. The topological polar surface area (TPSA) is 85.3 Å². The van der Waals surface area contributed by atoms with E-state index in [-0.39, 0.29) is 12.3 Å². The van der Waals surface area contributed by atoms with E-state index >= 15 is 0 Å². The van der Waals surface area contributed by atoms with Crippen molar-refractivity contribution in [1.29, 1.82) is 0 Å². The summed E-state index contributed by atoms with van der Waals surface area (Å²) >= 11 is 0. The number of benzene rings is 1. The van der Waals surface area contributed by atoms with E-state index < -0.39 is 5.63 Å². The van der Waals surface area contributed by atoms with Crippen molar-refractivity contribution in [2.75, 3.05) is 0 Å². The molecule has 0 bridgehead atoms. The maximum absolute atomic E-state index is 12.4. The molecule has 1 aromatic carbocycles. The van der Waals surface area contributed by atoms with E-state index in [1.54, 1.807) is 24.7 Å². The summed E-state index contributed by atoms with van der Waals surface area (Å²) in [6.45, 7) is 4.16. The molecule has 0 spiro atoms. The number of nitrogens with one attached hydrogen (secondary N) is 1. The van der Waals surface area contributed by atoms with Gasteiger partial charge in [0.25, 0.3) is 0 Å². The first-order valence-electron chi connectivity index (χ1n) is 8.62. The third-order valence-corrected chi connectivity index (χ3v) is 4.72. The predicted octanol–water partition coefficient (Wildman–Crippen LogP) is 3.41. The number of furan rings is 1. The maximum atomic E-state index is 12.4. The van der Waals surface area contributed by atoms with Gasteiger partial charge in [0, 0.05) is 35.8 Å². The van der Waals surface area contributed by atoms with Crippen molar-refractivity contribution in [1.82, 2.24) is 10.3 Å². The average molecular weight is 362 g/mol. The number of rotatable bonds is 4. The van der Waals surface area contributed by atoms with Gasteiger partial charge in [0.1, 0.15) is 11.2 Å². The lowest BCUT2D eigenvalue weighted by atomic mass is 10.0. The van der Waals surface area contributed by atoms with Crippen LogP contribution in [0, 0.1) is 13.8 Å². The Morgan fingerprint density at radius 1 is 1.19 bits per heavy atom. The summed E-state index contributed by atoms with van der Waals surface area (Å²) in [5.74, 6) is -0.242. The van der Waals surface area contributed by atoms with Crippen LogP contribution < -0.4 is 10.9 Å². The minimum Gasteiger partial charge on any atom is -0.464 e.